The number of piperidine rings is 1. The third-order valence-electron chi connectivity index (χ3n) is 6.11. The van der Waals surface area contributed by atoms with Crippen molar-refractivity contribution in [1.82, 2.24) is 10.3 Å². The molecule has 0 aromatic heterocycles. The van der Waals surface area contributed by atoms with E-state index in [-0.39, 0.29) is 30.3 Å². The molecule has 3 rings (SSSR count). The first kappa shape index (κ1) is 24.9. The summed E-state index contributed by atoms with van der Waals surface area (Å²) in [6.45, 7) is 7.39. The van der Waals surface area contributed by atoms with Gasteiger partial charge in [-0.05, 0) is 71.2 Å². The van der Waals surface area contributed by atoms with E-state index in [1.807, 2.05) is 4.90 Å². The van der Waals surface area contributed by atoms with Gasteiger partial charge < -0.3 is 9.64 Å². The molecule has 180 valence electrons. The summed E-state index contributed by atoms with van der Waals surface area (Å²) in [6.07, 6.45) is 3.14. The molecule has 9 nitrogen and oxygen atoms in total. The standard InChI is InChI=1S/C25H30N4O5/c1-16-8-9-21(14-23(16)29(32)33)19(4)26-27-25(31)20-10-12-22(13-11-20)34-15-24(30)28-17(2)6-5-7-18(28)3/h8-14,17-18H,5-7,15H2,1-4H3,(H,27,31)/b26-19+. The molecule has 0 bridgehead atoms. The Balaban J connectivity index is 1.57. The Labute approximate surface area is 198 Å². The van der Waals surface area contributed by atoms with Crippen LogP contribution in [-0.4, -0.2) is 46.0 Å². The second kappa shape index (κ2) is 10.9. The third kappa shape index (κ3) is 5.98. The number of nitrogens with one attached hydrogen (secondary N) is 1. The zero-order chi connectivity index (χ0) is 24.8. The Morgan fingerprint density at radius 2 is 1.74 bits per heavy atom. The van der Waals surface area contributed by atoms with Crippen molar-refractivity contribution in [2.24, 2.45) is 5.10 Å². The van der Waals surface area contributed by atoms with Crippen molar-refractivity contribution in [2.75, 3.05) is 6.61 Å². The molecule has 34 heavy (non-hydrogen) atoms. The molecule has 2 amide bonds. The van der Waals surface area contributed by atoms with Gasteiger partial charge >= 0.3 is 0 Å². The van der Waals surface area contributed by atoms with Gasteiger partial charge in [-0.15, -0.1) is 0 Å². The van der Waals surface area contributed by atoms with Crippen molar-refractivity contribution in [3.63, 3.8) is 0 Å². The van der Waals surface area contributed by atoms with Crippen LogP contribution in [0.4, 0.5) is 5.69 Å². The van der Waals surface area contributed by atoms with Crippen molar-refractivity contribution >= 4 is 23.2 Å². The number of hydrogen-bond donors (Lipinski definition) is 1. The fourth-order valence-electron chi connectivity index (χ4n) is 4.13. The molecule has 1 N–H and O–H groups in total. The Morgan fingerprint density at radius 3 is 2.35 bits per heavy atom. The number of likely N-dealkylation sites (tertiary alicyclic amines) is 1. The highest BCUT2D eigenvalue weighted by atomic mass is 16.6. The maximum absolute atomic E-state index is 12.6. The molecule has 1 fully saturated rings. The van der Waals surface area contributed by atoms with Crippen LogP contribution in [0, 0.1) is 17.0 Å². The van der Waals surface area contributed by atoms with Gasteiger partial charge in [0.25, 0.3) is 17.5 Å². The molecule has 0 saturated carbocycles. The monoisotopic (exact) mass is 466 g/mol. The summed E-state index contributed by atoms with van der Waals surface area (Å²) >= 11 is 0. The van der Waals surface area contributed by atoms with Gasteiger partial charge in [0, 0.05) is 34.8 Å². The Morgan fingerprint density at radius 1 is 1.12 bits per heavy atom. The van der Waals surface area contributed by atoms with E-state index in [1.165, 1.54) is 6.07 Å². The van der Waals surface area contributed by atoms with Crippen molar-refractivity contribution < 1.29 is 19.2 Å². The van der Waals surface area contributed by atoms with Crippen LogP contribution < -0.4 is 10.2 Å². The minimum Gasteiger partial charge on any atom is -0.484 e. The molecule has 1 aliphatic rings. The predicted octanol–water partition coefficient (Wildman–Crippen LogP) is 4.23. The van der Waals surface area contributed by atoms with E-state index in [4.69, 9.17) is 4.74 Å². The predicted molar refractivity (Wildman–Crippen MR) is 129 cm³/mol. The molecule has 1 aliphatic heterocycles. The molecule has 1 heterocycles. The first-order valence-corrected chi connectivity index (χ1v) is 11.3. The lowest BCUT2D eigenvalue weighted by Gasteiger charge is -2.38. The van der Waals surface area contributed by atoms with Gasteiger partial charge in [0.05, 0.1) is 10.6 Å². The number of carbonyl (C=O) groups is 2. The van der Waals surface area contributed by atoms with Crippen LogP contribution in [0.5, 0.6) is 5.75 Å². The number of benzene rings is 2. The van der Waals surface area contributed by atoms with E-state index >= 15 is 0 Å². The Bertz CT molecular complexity index is 1090. The second-order valence-corrected chi connectivity index (χ2v) is 8.64. The zero-order valence-corrected chi connectivity index (χ0v) is 19.9. The maximum atomic E-state index is 12.6. The average molecular weight is 467 g/mol. The summed E-state index contributed by atoms with van der Waals surface area (Å²) in [4.78, 5) is 37.6. The first-order valence-electron chi connectivity index (χ1n) is 11.3. The number of hydrogen-bond acceptors (Lipinski definition) is 6. The molecule has 2 unspecified atom stereocenters. The molecule has 2 aromatic carbocycles. The van der Waals surface area contributed by atoms with Crippen LogP contribution in [0.3, 0.4) is 0 Å². The Hall–Kier alpha value is -3.75. The lowest BCUT2D eigenvalue weighted by molar-refractivity contribution is -0.385. The highest BCUT2D eigenvalue weighted by molar-refractivity contribution is 6.01. The normalized spacial score (nSPS) is 18.4. The van der Waals surface area contributed by atoms with Crippen LogP contribution in [0.1, 0.15) is 61.5 Å². The van der Waals surface area contributed by atoms with Gasteiger partial charge in [0.1, 0.15) is 5.75 Å². The molecule has 9 heteroatoms. The fourth-order valence-corrected chi connectivity index (χ4v) is 4.13. The molecular formula is C25H30N4O5. The van der Waals surface area contributed by atoms with E-state index < -0.39 is 10.8 Å². The minimum absolute atomic E-state index is 0.00310. The Kier molecular flexibility index (Phi) is 7.99. The van der Waals surface area contributed by atoms with Gasteiger partial charge in [-0.2, -0.15) is 5.10 Å². The van der Waals surface area contributed by atoms with Crippen LogP contribution in [0.2, 0.25) is 0 Å². The van der Waals surface area contributed by atoms with E-state index in [1.54, 1.807) is 50.2 Å². The summed E-state index contributed by atoms with van der Waals surface area (Å²) in [5.41, 5.74) is 4.36. The topological polar surface area (TPSA) is 114 Å². The molecule has 0 radical (unpaired) electrons. The highest BCUT2D eigenvalue weighted by Crippen LogP contribution is 2.23. The van der Waals surface area contributed by atoms with E-state index in [2.05, 4.69) is 24.4 Å². The molecule has 2 aromatic rings. The van der Waals surface area contributed by atoms with E-state index in [0.29, 0.717) is 28.2 Å². The second-order valence-electron chi connectivity index (χ2n) is 8.64. The summed E-state index contributed by atoms with van der Waals surface area (Å²) in [6, 6.07) is 11.6. The van der Waals surface area contributed by atoms with E-state index in [0.717, 1.165) is 19.3 Å². The number of amides is 2. The first-order chi connectivity index (χ1) is 16.2. The number of aryl methyl sites for hydroxylation is 1. The van der Waals surface area contributed by atoms with Gasteiger partial charge in [-0.1, -0.05) is 12.1 Å². The summed E-state index contributed by atoms with van der Waals surface area (Å²) < 4.78 is 5.64. The number of rotatable bonds is 7. The van der Waals surface area contributed by atoms with E-state index in [9.17, 15) is 19.7 Å². The number of ether oxygens (including phenoxy) is 1. The van der Waals surface area contributed by atoms with Crippen LogP contribution in [0.15, 0.2) is 47.6 Å². The van der Waals surface area contributed by atoms with Gasteiger partial charge in [0.15, 0.2) is 6.61 Å². The number of nitro groups is 1. The highest BCUT2D eigenvalue weighted by Gasteiger charge is 2.29. The van der Waals surface area contributed by atoms with Crippen LogP contribution in [-0.2, 0) is 4.79 Å². The SMILES string of the molecule is C/C(=N\NC(=O)c1ccc(OCC(=O)N2C(C)CCCC2C)cc1)c1ccc(C)c([N+](=O)[O-])c1. The quantitative estimate of drug-likeness (QED) is 0.373. The number of nitrogens with zero attached hydrogens (tertiary/aromatic N) is 3. The summed E-state index contributed by atoms with van der Waals surface area (Å²) in [5.74, 6) is 0.0242. The number of carbonyl (C=O) groups excluding carboxylic acids is 2. The molecule has 0 spiro atoms. The van der Waals surface area contributed by atoms with Crippen molar-refractivity contribution in [3.8, 4) is 5.75 Å². The molecular weight excluding hydrogens is 436 g/mol. The van der Waals surface area contributed by atoms with Gasteiger partial charge in [-0.3, -0.25) is 19.7 Å². The van der Waals surface area contributed by atoms with Gasteiger partial charge in [0.2, 0.25) is 0 Å². The zero-order valence-electron chi connectivity index (χ0n) is 19.9. The smallest absolute Gasteiger partial charge is 0.272 e. The van der Waals surface area contributed by atoms with Crippen molar-refractivity contribution in [2.45, 2.75) is 59.0 Å². The number of nitro benzene ring substituents is 1. The minimum atomic E-state index is -0.449. The fraction of sp³-hybridized carbons (Fsp3) is 0.400. The largest absolute Gasteiger partial charge is 0.484 e. The third-order valence-corrected chi connectivity index (χ3v) is 6.11. The number of hydrazone groups is 1. The summed E-state index contributed by atoms with van der Waals surface area (Å²) in [7, 11) is 0. The van der Waals surface area contributed by atoms with Crippen molar-refractivity contribution in [3.05, 3.63) is 69.3 Å². The van der Waals surface area contributed by atoms with Crippen LogP contribution >= 0.6 is 0 Å². The molecule has 1 saturated heterocycles. The summed E-state index contributed by atoms with van der Waals surface area (Å²) in [5, 5.41) is 15.2. The molecule has 0 aliphatic carbocycles. The maximum Gasteiger partial charge on any atom is 0.272 e. The lowest BCUT2D eigenvalue weighted by Crippen LogP contribution is -2.49. The lowest BCUT2D eigenvalue weighted by atomic mass is 9.97. The van der Waals surface area contributed by atoms with Gasteiger partial charge in [-0.25, -0.2) is 5.43 Å². The molecule has 2 atom stereocenters. The average Bonchev–Trinajstić information content (AvgIpc) is 2.81. The van der Waals surface area contributed by atoms with Crippen molar-refractivity contribution in [1.29, 1.82) is 0 Å². The van der Waals surface area contributed by atoms with Crippen LogP contribution in [0.25, 0.3) is 0 Å².